The van der Waals surface area contributed by atoms with E-state index in [0.29, 0.717) is 19.5 Å². The van der Waals surface area contributed by atoms with E-state index >= 15 is 0 Å². The standard InChI is InChI=1S/C10H17N3O4/c1-6(9(15)16)11-10(17)13-4-3-8(5-13)12-7(2)14/h6,8H,3-5H2,1-2H3,(H,11,17)(H,12,14)(H,15,16)/t6-,8?/m0/s1. The molecule has 3 N–H and O–H groups in total. The van der Waals surface area contributed by atoms with Crippen LogP contribution >= 0.6 is 0 Å². The molecule has 1 aliphatic heterocycles. The maximum Gasteiger partial charge on any atom is 0.325 e. The third-order valence-electron chi connectivity index (χ3n) is 2.59. The van der Waals surface area contributed by atoms with E-state index in [2.05, 4.69) is 10.6 Å². The van der Waals surface area contributed by atoms with Gasteiger partial charge in [0.25, 0.3) is 0 Å². The first-order valence-electron chi connectivity index (χ1n) is 5.45. The van der Waals surface area contributed by atoms with Crippen LogP contribution in [-0.4, -0.2) is 53.1 Å². The summed E-state index contributed by atoms with van der Waals surface area (Å²) < 4.78 is 0. The van der Waals surface area contributed by atoms with Gasteiger partial charge in [-0.2, -0.15) is 0 Å². The van der Waals surface area contributed by atoms with Crippen molar-refractivity contribution in [1.29, 1.82) is 0 Å². The molecule has 1 saturated heterocycles. The number of aliphatic carboxylic acids is 1. The third-order valence-corrected chi connectivity index (χ3v) is 2.59. The topological polar surface area (TPSA) is 98.7 Å². The lowest BCUT2D eigenvalue weighted by atomic mass is 10.3. The lowest BCUT2D eigenvalue weighted by Crippen LogP contribution is -2.47. The molecule has 0 bridgehead atoms. The molecule has 0 aromatic carbocycles. The van der Waals surface area contributed by atoms with E-state index in [0.717, 1.165) is 0 Å². The van der Waals surface area contributed by atoms with E-state index < -0.39 is 18.0 Å². The van der Waals surface area contributed by atoms with Crippen LogP contribution in [-0.2, 0) is 9.59 Å². The summed E-state index contributed by atoms with van der Waals surface area (Å²) in [6, 6.07) is -1.37. The average molecular weight is 243 g/mol. The van der Waals surface area contributed by atoms with Crippen molar-refractivity contribution in [3.05, 3.63) is 0 Å². The Morgan fingerprint density at radius 1 is 1.41 bits per heavy atom. The molecule has 2 atom stereocenters. The molecular formula is C10H17N3O4. The lowest BCUT2D eigenvalue weighted by molar-refractivity contribution is -0.138. The first-order chi connectivity index (χ1) is 7.90. The molecule has 0 spiro atoms. The summed E-state index contributed by atoms with van der Waals surface area (Å²) >= 11 is 0. The molecule has 17 heavy (non-hydrogen) atoms. The van der Waals surface area contributed by atoms with Crippen molar-refractivity contribution in [1.82, 2.24) is 15.5 Å². The fourth-order valence-corrected chi connectivity index (χ4v) is 1.69. The summed E-state index contributed by atoms with van der Waals surface area (Å²) in [4.78, 5) is 34.5. The van der Waals surface area contributed by atoms with E-state index in [-0.39, 0.29) is 11.9 Å². The molecule has 0 saturated carbocycles. The van der Waals surface area contributed by atoms with Crippen molar-refractivity contribution in [2.45, 2.75) is 32.4 Å². The predicted octanol–water partition coefficient (Wildman–Crippen LogP) is -0.620. The van der Waals surface area contributed by atoms with Crippen LogP contribution in [0.15, 0.2) is 0 Å². The number of nitrogens with one attached hydrogen (secondary N) is 2. The zero-order valence-electron chi connectivity index (χ0n) is 9.90. The molecule has 7 nitrogen and oxygen atoms in total. The van der Waals surface area contributed by atoms with Crippen molar-refractivity contribution in [3.8, 4) is 0 Å². The smallest absolute Gasteiger partial charge is 0.325 e. The van der Waals surface area contributed by atoms with Crippen LogP contribution in [0.3, 0.4) is 0 Å². The fraction of sp³-hybridized carbons (Fsp3) is 0.700. The minimum Gasteiger partial charge on any atom is -0.480 e. The summed E-state index contributed by atoms with van der Waals surface area (Å²) in [5, 5.41) is 13.8. The number of carboxylic acids is 1. The third kappa shape index (κ3) is 3.93. The molecule has 0 aromatic rings. The molecule has 0 aromatic heterocycles. The highest BCUT2D eigenvalue weighted by Crippen LogP contribution is 2.09. The fourth-order valence-electron chi connectivity index (χ4n) is 1.69. The zero-order chi connectivity index (χ0) is 13.0. The van der Waals surface area contributed by atoms with Gasteiger partial charge in [0.05, 0.1) is 0 Å². The second kappa shape index (κ2) is 5.51. The van der Waals surface area contributed by atoms with Crippen LogP contribution in [0.1, 0.15) is 20.3 Å². The van der Waals surface area contributed by atoms with Gasteiger partial charge in [-0.3, -0.25) is 9.59 Å². The summed E-state index contributed by atoms with van der Waals surface area (Å²) in [6.45, 7) is 3.76. The molecule has 1 unspecified atom stereocenters. The Labute approximate surface area is 99.2 Å². The summed E-state index contributed by atoms with van der Waals surface area (Å²) in [5.41, 5.74) is 0. The molecular weight excluding hydrogens is 226 g/mol. The highest BCUT2D eigenvalue weighted by molar-refractivity contribution is 5.82. The Kier molecular flexibility index (Phi) is 4.30. The molecule has 1 fully saturated rings. The van der Waals surface area contributed by atoms with E-state index in [9.17, 15) is 14.4 Å². The number of amides is 3. The Morgan fingerprint density at radius 2 is 2.06 bits per heavy atom. The SMILES string of the molecule is CC(=O)NC1CCN(C(=O)N[C@@H](C)C(=O)O)C1. The number of hydrogen-bond acceptors (Lipinski definition) is 3. The molecule has 0 radical (unpaired) electrons. The summed E-state index contributed by atoms with van der Waals surface area (Å²) in [6.07, 6.45) is 0.689. The van der Waals surface area contributed by atoms with Gasteiger partial charge in [-0.1, -0.05) is 0 Å². The van der Waals surface area contributed by atoms with Gasteiger partial charge in [-0.05, 0) is 13.3 Å². The number of hydrogen-bond donors (Lipinski definition) is 3. The summed E-state index contributed by atoms with van der Waals surface area (Å²) in [5.74, 6) is -1.20. The van der Waals surface area contributed by atoms with Gasteiger partial charge in [-0.15, -0.1) is 0 Å². The summed E-state index contributed by atoms with van der Waals surface area (Å²) in [7, 11) is 0. The van der Waals surface area contributed by atoms with Crippen LogP contribution in [0.2, 0.25) is 0 Å². The molecule has 3 amide bonds. The molecule has 1 heterocycles. The maximum atomic E-state index is 11.6. The number of carbonyl (C=O) groups is 3. The van der Waals surface area contributed by atoms with E-state index in [4.69, 9.17) is 5.11 Å². The van der Waals surface area contributed by atoms with Gasteiger partial charge < -0.3 is 20.6 Å². The second-order valence-electron chi connectivity index (χ2n) is 4.14. The normalized spacial score (nSPS) is 20.8. The van der Waals surface area contributed by atoms with Crippen LogP contribution in [0, 0.1) is 0 Å². The van der Waals surface area contributed by atoms with E-state index in [1.165, 1.54) is 18.7 Å². The van der Waals surface area contributed by atoms with Crippen LogP contribution in [0.25, 0.3) is 0 Å². The molecule has 0 aliphatic carbocycles. The molecule has 7 heteroatoms. The highest BCUT2D eigenvalue weighted by Gasteiger charge is 2.28. The van der Waals surface area contributed by atoms with Crippen LogP contribution < -0.4 is 10.6 Å². The van der Waals surface area contributed by atoms with Gasteiger partial charge in [0, 0.05) is 26.1 Å². The predicted molar refractivity (Wildman–Crippen MR) is 59.4 cm³/mol. The Balaban J connectivity index is 2.40. The lowest BCUT2D eigenvalue weighted by Gasteiger charge is -2.19. The van der Waals surface area contributed by atoms with Gasteiger partial charge in [0.2, 0.25) is 5.91 Å². The van der Waals surface area contributed by atoms with E-state index in [1.54, 1.807) is 0 Å². The minimum absolute atomic E-state index is 0.0432. The molecule has 1 rings (SSSR count). The Hall–Kier alpha value is -1.79. The number of likely N-dealkylation sites (tertiary alicyclic amines) is 1. The van der Waals surface area contributed by atoms with Gasteiger partial charge >= 0.3 is 12.0 Å². The van der Waals surface area contributed by atoms with Gasteiger partial charge in [-0.25, -0.2) is 4.79 Å². The number of urea groups is 1. The first-order valence-corrected chi connectivity index (χ1v) is 5.45. The zero-order valence-corrected chi connectivity index (χ0v) is 9.90. The van der Waals surface area contributed by atoms with Gasteiger partial charge in [0.15, 0.2) is 0 Å². The van der Waals surface area contributed by atoms with Crippen molar-refractivity contribution < 1.29 is 19.5 Å². The van der Waals surface area contributed by atoms with E-state index in [1.807, 2.05) is 0 Å². The number of carbonyl (C=O) groups excluding carboxylic acids is 2. The highest BCUT2D eigenvalue weighted by atomic mass is 16.4. The Bertz CT molecular complexity index is 332. The number of nitrogens with zero attached hydrogens (tertiary/aromatic N) is 1. The van der Waals surface area contributed by atoms with Crippen molar-refractivity contribution in [3.63, 3.8) is 0 Å². The largest absolute Gasteiger partial charge is 0.480 e. The quantitative estimate of drug-likeness (QED) is 0.615. The van der Waals surface area contributed by atoms with Crippen molar-refractivity contribution >= 4 is 17.9 Å². The van der Waals surface area contributed by atoms with Gasteiger partial charge in [0.1, 0.15) is 6.04 Å². The second-order valence-corrected chi connectivity index (χ2v) is 4.14. The average Bonchev–Trinajstić information content (AvgIpc) is 2.64. The molecule has 1 aliphatic rings. The van der Waals surface area contributed by atoms with Crippen molar-refractivity contribution in [2.75, 3.05) is 13.1 Å². The monoisotopic (exact) mass is 243 g/mol. The minimum atomic E-state index is -1.07. The number of rotatable bonds is 3. The molecule has 96 valence electrons. The Morgan fingerprint density at radius 3 is 2.59 bits per heavy atom. The number of carboxylic acid groups (broad SMARTS) is 1. The maximum absolute atomic E-state index is 11.6. The van der Waals surface area contributed by atoms with Crippen LogP contribution in [0.5, 0.6) is 0 Å². The van der Waals surface area contributed by atoms with Crippen LogP contribution in [0.4, 0.5) is 4.79 Å². The van der Waals surface area contributed by atoms with Crippen molar-refractivity contribution in [2.24, 2.45) is 0 Å². The first kappa shape index (κ1) is 13.3.